The summed E-state index contributed by atoms with van der Waals surface area (Å²) in [6.07, 6.45) is 2.99. The van der Waals surface area contributed by atoms with E-state index in [0.29, 0.717) is 25.8 Å². The van der Waals surface area contributed by atoms with Crippen LogP contribution in [0.2, 0.25) is 5.02 Å². The van der Waals surface area contributed by atoms with Gasteiger partial charge in [0.2, 0.25) is 0 Å². The van der Waals surface area contributed by atoms with Crippen molar-refractivity contribution in [3.63, 3.8) is 0 Å². The lowest BCUT2D eigenvalue weighted by Gasteiger charge is -1.96. The molecule has 1 aromatic rings. The molecule has 0 aliphatic rings. The van der Waals surface area contributed by atoms with E-state index in [1.54, 1.807) is 6.92 Å². The van der Waals surface area contributed by atoms with Crippen molar-refractivity contribution < 1.29 is 9.72 Å². The first kappa shape index (κ1) is 12.6. The fourth-order valence-corrected chi connectivity index (χ4v) is 1.46. The van der Waals surface area contributed by atoms with Crippen LogP contribution in [0, 0.1) is 10.1 Å². The van der Waals surface area contributed by atoms with Crippen molar-refractivity contribution in [3.05, 3.63) is 21.3 Å². The number of carbonyl (C=O) groups is 1. The summed E-state index contributed by atoms with van der Waals surface area (Å²) in [6, 6.07) is 0. The molecule has 0 saturated heterocycles. The van der Waals surface area contributed by atoms with Gasteiger partial charge < -0.3 is 10.1 Å². The number of nitrogens with zero attached hydrogens (tertiary/aromatic N) is 3. The Hall–Kier alpha value is -1.43. The van der Waals surface area contributed by atoms with Crippen LogP contribution in [0.1, 0.15) is 26.2 Å². The Morgan fingerprint density at radius 3 is 2.88 bits per heavy atom. The molecule has 0 radical (unpaired) electrons. The molecule has 6 nitrogen and oxygen atoms in total. The Kier molecular flexibility index (Phi) is 4.42. The SMILES string of the molecule is CCC(=O)CCCn1cc(Cl)c([N+](=O)[O-])n1. The minimum absolute atomic E-state index is 0.0202. The minimum Gasteiger partial charge on any atom is -0.358 e. The third-order valence-corrected chi connectivity index (χ3v) is 2.38. The van der Waals surface area contributed by atoms with Crippen molar-refractivity contribution in [1.82, 2.24) is 9.78 Å². The van der Waals surface area contributed by atoms with Crippen molar-refractivity contribution in [1.29, 1.82) is 0 Å². The second-order valence-corrected chi connectivity index (χ2v) is 3.72. The number of ketones is 1. The van der Waals surface area contributed by atoms with Gasteiger partial charge in [0.1, 0.15) is 5.78 Å². The molecule has 0 amide bonds. The van der Waals surface area contributed by atoms with E-state index in [2.05, 4.69) is 5.10 Å². The molecule has 1 aromatic heterocycles. The fourth-order valence-electron chi connectivity index (χ4n) is 1.24. The van der Waals surface area contributed by atoms with Gasteiger partial charge in [0.25, 0.3) is 0 Å². The molecule has 0 N–H and O–H groups in total. The number of nitro groups is 1. The average Bonchev–Trinajstić information content (AvgIpc) is 2.59. The van der Waals surface area contributed by atoms with Crippen LogP contribution in [0.15, 0.2) is 6.20 Å². The predicted octanol–water partition coefficient (Wildman–Crippen LogP) is 2.20. The molecule has 0 fully saturated rings. The summed E-state index contributed by atoms with van der Waals surface area (Å²) in [5.74, 6) is -0.170. The van der Waals surface area contributed by atoms with E-state index in [9.17, 15) is 14.9 Å². The molecule has 0 aliphatic carbocycles. The molecular weight excluding hydrogens is 234 g/mol. The zero-order valence-electron chi connectivity index (χ0n) is 8.85. The van der Waals surface area contributed by atoms with Crippen LogP contribution in [0.25, 0.3) is 0 Å². The molecule has 7 heteroatoms. The van der Waals surface area contributed by atoms with E-state index in [0.717, 1.165) is 0 Å². The first-order valence-electron chi connectivity index (χ1n) is 4.93. The summed E-state index contributed by atoms with van der Waals surface area (Å²) in [4.78, 5) is 20.8. The van der Waals surface area contributed by atoms with Gasteiger partial charge in [-0.05, 0) is 11.3 Å². The fraction of sp³-hybridized carbons (Fsp3) is 0.556. The van der Waals surface area contributed by atoms with E-state index >= 15 is 0 Å². The number of rotatable bonds is 6. The molecule has 0 saturated carbocycles. The topological polar surface area (TPSA) is 78.0 Å². The molecule has 0 aliphatic heterocycles. The molecular formula is C9H12ClN3O3. The number of hydrogen-bond acceptors (Lipinski definition) is 4. The van der Waals surface area contributed by atoms with Gasteiger partial charge in [-0.25, -0.2) is 0 Å². The molecule has 1 rings (SSSR count). The predicted molar refractivity (Wildman–Crippen MR) is 58.4 cm³/mol. The van der Waals surface area contributed by atoms with Gasteiger partial charge in [0.05, 0.1) is 17.8 Å². The number of carbonyl (C=O) groups excluding carboxylic acids is 1. The Labute approximate surface area is 97.3 Å². The van der Waals surface area contributed by atoms with Gasteiger partial charge >= 0.3 is 5.82 Å². The molecule has 0 unspecified atom stereocenters. The van der Waals surface area contributed by atoms with Gasteiger partial charge in [0.15, 0.2) is 5.02 Å². The van der Waals surface area contributed by atoms with Gasteiger partial charge in [-0.2, -0.15) is 4.68 Å². The Morgan fingerprint density at radius 1 is 1.69 bits per heavy atom. The van der Waals surface area contributed by atoms with Crippen LogP contribution in [0.3, 0.4) is 0 Å². The number of hydrogen-bond donors (Lipinski definition) is 0. The second kappa shape index (κ2) is 5.60. The highest BCUT2D eigenvalue weighted by atomic mass is 35.5. The van der Waals surface area contributed by atoms with Crippen molar-refractivity contribution in [3.8, 4) is 0 Å². The third kappa shape index (κ3) is 3.30. The summed E-state index contributed by atoms with van der Waals surface area (Å²) in [7, 11) is 0. The first-order chi connectivity index (χ1) is 7.54. The molecule has 0 bridgehead atoms. The van der Waals surface area contributed by atoms with E-state index in [4.69, 9.17) is 11.6 Å². The molecule has 0 aromatic carbocycles. The van der Waals surface area contributed by atoms with Crippen LogP contribution in [0.4, 0.5) is 5.82 Å². The summed E-state index contributed by atoms with van der Waals surface area (Å²) in [5, 5.41) is 14.2. The largest absolute Gasteiger partial charge is 0.408 e. The lowest BCUT2D eigenvalue weighted by atomic mass is 10.2. The maximum Gasteiger partial charge on any atom is 0.408 e. The lowest BCUT2D eigenvalue weighted by molar-refractivity contribution is -0.389. The Morgan fingerprint density at radius 2 is 2.38 bits per heavy atom. The van der Waals surface area contributed by atoms with E-state index in [-0.39, 0.29) is 16.6 Å². The molecule has 16 heavy (non-hydrogen) atoms. The van der Waals surface area contributed by atoms with Crippen molar-refractivity contribution in [2.75, 3.05) is 0 Å². The highest BCUT2D eigenvalue weighted by Crippen LogP contribution is 2.21. The maximum absolute atomic E-state index is 11.0. The quantitative estimate of drug-likeness (QED) is 0.569. The highest BCUT2D eigenvalue weighted by molar-refractivity contribution is 6.32. The van der Waals surface area contributed by atoms with Crippen molar-refractivity contribution in [2.45, 2.75) is 32.7 Å². The molecule has 88 valence electrons. The Balaban J connectivity index is 2.52. The molecule has 1 heterocycles. The van der Waals surface area contributed by atoms with Gasteiger partial charge in [-0.15, -0.1) is 0 Å². The zero-order chi connectivity index (χ0) is 12.1. The van der Waals surface area contributed by atoms with Crippen LogP contribution >= 0.6 is 11.6 Å². The monoisotopic (exact) mass is 245 g/mol. The van der Waals surface area contributed by atoms with Crippen LogP contribution in [0.5, 0.6) is 0 Å². The second-order valence-electron chi connectivity index (χ2n) is 3.32. The van der Waals surface area contributed by atoms with E-state index in [1.165, 1.54) is 10.9 Å². The maximum atomic E-state index is 11.0. The summed E-state index contributed by atoms with van der Waals surface area (Å²) in [6.45, 7) is 2.26. The number of halogens is 1. The first-order valence-corrected chi connectivity index (χ1v) is 5.31. The zero-order valence-corrected chi connectivity index (χ0v) is 9.61. The third-order valence-electron chi connectivity index (χ3n) is 2.11. The Bertz CT molecular complexity index is 403. The summed E-state index contributed by atoms with van der Waals surface area (Å²) < 4.78 is 1.39. The number of aromatic nitrogens is 2. The highest BCUT2D eigenvalue weighted by Gasteiger charge is 2.18. The molecule has 0 spiro atoms. The van der Waals surface area contributed by atoms with Crippen LogP contribution in [-0.4, -0.2) is 20.5 Å². The average molecular weight is 246 g/mol. The van der Waals surface area contributed by atoms with Crippen LogP contribution < -0.4 is 0 Å². The minimum atomic E-state index is -0.629. The van der Waals surface area contributed by atoms with E-state index in [1.807, 2.05) is 0 Å². The van der Waals surface area contributed by atoms with Gasteiger partial charge in [-0.3, -0.25) is 4.79 Å². The number of aryl methyl sites for hydroxylation is 1. The van der Waals surface area contributed by atoms with Crippen LogP contribution in [-0.2, 0) is 11.3 Å². The smallest absolute Gasteiger partial charge is 0.358 e. The van der Waals surface area contributed by atoms with Gasteiger partial charge in [0, 0.05) is 12.8 Å². The van der Waals surface area contributed by atoms with Gasteiger partial charge in [-0.1, -0.05) is 18.5 Å². The van der Waals surface area contributed by atoms with Crippen molar-refractivity contribution >= 4 is 23.2 Å². The van der Waals surface area contributed by atoms with Crippen molar-refractivity contribution in [2.24, 2.45) is 0 Å². The molecule has 0 atom stereocenters. The lowest BCUT2D eigenvalue weighted by Crippen LogP contribution is -2.03. The standard InChI is InChI=1S/C9H12ClN3O3/c1-2-7(14)4-3-5-12-6-8(10)9(11-12)13(15)16/h6H,2-5H2,1H3. The number of Topliss-reactive ketones (excluding diaryl/α,β-unsaturated/α-hetero) is 1. The van der Waals surface area contributed by atoms with E-state index < -0.39 is 4.92 Å². The summed E-state index contributed by atoms with van der Waals surface area (Å²) >= 11 is 5.62. The summed E-state index contributed by atoms with van der Waals surface area (Å²) in [5.41, 5.74) is 0. The normalized spacial score (nSPS) is 10.4.